The van der Waals surface area contributed by atoms with Gasteiger partial charge in [0.2, 0.25) is 0 Å². The molecule has 0 bridgehead atoms. The van der Waals surface area contributed by atoms with Gasteiger partial charge < -0.3 is 9.88 Å². The molecule has 1 aromatic carbocycles. The molecule has 88 valence electrons. The van der Waals surface area contributed by atoms with Crippen molar-refractivity contribution in [3.63, 3.8) is 0 Å². The Morgan fingerprint density at radius 1 is 1.29 bits per heavy atom. The number of halogens is 1. The third-order valence-electron chi connectivity index (χ3n) is 2.91. The SMILES string of the molecule is Clc1ccc(-n2cnc(CNC3CC3)c2)cc1. The highest BCUT2D eigenvalue weighted by molar-refractivity contribution is 6.30. The highest BCUT2D eigenvalue weighted by Crippen LogP contribution is 2.19. The molecule has 2 aromatic rings. The van der Waals surface area contributed by atoms with Crippen LogP contribution in [-0.4, -0.2) is 15.6 Å². The summed E-state index contributed by atoms with van der Waals surface area (Å²) in [6.45, 7) is 0.852. The molecule has 0 unspecified atom stereocenters. The van der Waals surface area contributed by atoms with E-state index in [9.17, 15) is 0 Å². The molecule has 3 nitrogen and oxygen atoms in total. The lowest BCUT2D eigenvalue weighted by Crippen LogP contribution is -2.15. The summed E-state index contributed by atoms with van der Waals surface area (Å²) in [6, 6.07) is 8.47. The molecule has 4 heteroatoms. The molecule has 1 aromatic heterocycles. The van der Waals surface area contributed by atoms with Gasteiger partial charge >= 0.3 is 0 Å². The maximum Gasteiger partial charge on any atom is 0.0995 e. The Morgan fingerprint density at radius 3 is 2.76 bits per heavy atom. The van der Waals surface area contributed by atoms with Crippen LogP contribution in [0, 0.1) is 0 Å². The minimum Gasteiger partial charge on any atom is -0.308 e. The van der Waals surface area contributed by atoms with Crippen LogP contribution in [0.2, 0.25) is 5.02 Å². The van der Waals surface area contributed by atoms with Crippen LogP contribution in [0.5, 0.6) is 0 Å². The topological polar surface area (TPSA) is 29.9 Å². The van der Waals surface area contributed by atoms with E-state index in [4.69, 9.17) is 11.6 Å². The van der Waals surface area contributed by atoms with Gasteiger partial charge in [-0.05, 0) is 37.1 Å². The third-order valence-corrected chi connectivity index (χ3v) is 3.16. The maximum absolute atomic E-state index is 5.86. The molecule has 3 rings (SSSR count). The van der Waals surface area contributed by atoms with E-state index in [1.165, 1.54) is 12.8 Å². The zero-order valence-electron chi connectivity index (χ0n) is 9.44. The van der Waals surface area contributed by atoms with Gasteiger partial charge in [0.25, 0.3) is 0 Å². The first kappa shape index (κ1) is 10.8. The largest absolute Gasteiger partial charge is 0.308 e. The second-order valence-corrected chi connectivity index (χ2v) is 4.84. The summed E-state index contributed by atoms with van der Waals surface area (Å²) in [7, 11) is 0. The van der Waals surface area contributed by atoms with E-state index >= 15 is 0 Å². The minimum atomic E-state index is 0.718. The molecule has 17 heavy (non-hydrogen) atoms. The van der Waals surface area contributed by atoms with Gasteiger partial charge in [0.1, 0.15) is 0 Å². The zero-order valence-corrected chi connectivity index (χ0v) is 10.2. The minimum absolute atomic E-state index is 0.718. The quantitative estimate of drug-likeness (QED) is 0.901. The van der Waals surface area contributed by atoms with E-state index in [1.807, 2.05) is 35.2 Å². The second-order valence-electron chi connectivity index (χ2n) is 4.40. The Balaban J connectivity index is 1.72. The Morgan fingerprint density at radius 2 is 2.06 bits per heavy atom. The van der Waals surface area contributed by atoms with Crippen molar-refractivity contribution in [1.29, 1.82) is 0 Å². The van der Waals surface area contributed by atoms with E-state index in [1.54, 1.807) is 0 Å². The van der Waals surface area contributed by atoms with Crippen molar-refractivity contribution in [2.24, 2.45) is 0 Å². The number of aromatic nitrogens is 2. The summed E-state index contributed by atoms with van der Waals surface area (Å²) in [6.07, 6.45) is 6.50. The normalized spacial score (nSPS) is 15.1. The average Bonchev–Trinajstić information content (AvgIpc) is 3.06. The molecule has 1 heterocycles. The third kappa shape index (κ3) is 2.68. The van der Waals surface area contributed by atoms with Crippen molar-refractivity contribution in [3.05, 3.63) is 47.5 Å². The van der Waals surface area contributed by atoms with Crippen molar-refractivity contribution in [2.75, 3.05) is 0 Å². The van der Waals surface area contributed by atoms with Gasteiger partial charge in [-0.3, -0.25) is 0 Å². The van der Waals surface area contributed by atoms with Crippen molar-refractivity contribution >= 4 is 11.6 Å². The summed E-state index contributed by atoms with van der Waals surface area (Å²) in [5, 5.41) is 4.20. The number of benzene rings is 1. The average molecular weight is 248 g/mol. The first-order valence-corrected chi connectivity index (χ1v) is 6.21. The van der Waals surface area contributed by atoms with E-state index < -0.39 is 0 Å². The molecule has 1 saturated carbocycles. The van der Waals surface area contributed by atoms with Crippen molar-refractivity contribution in [3.8, 4) is 5.69 Å². The van der Waals surface area contributed by atoms with E-state index in [0.29, 0.717) is 0 Å². The Bertz CT molecular complexity index is 500. The first-order valence-electron chi connectivity index (χ1n) is 5.83. The predicted octanol–water partition coefficient (Wildman–Crippen LogP) is 2.78. The fourth-order valence-corrected chi connectivity index (χ4v) is 1.87. The van der Waals surface area contributed by atoms with Gasteiger partial charge in [-0.15, -0.1) is 0 Å². The van der Waals surface area contributed by atoms with Gasteiger partial charge in [-0.1, -0.05) is 11.6 Å². The maximum atomic E-state index is 5.86. The smallest absolute Gasteiger partial charge is 0.0995 e. The molecule has 1 aliphatic rings. The van der Waals surface area contributed by atoms with Gasteiger partial charge in [0.05, 0.1) is 12.0 Å². The summed E-state index contributed by atoms with van der Waals surface area (Å²) in [5.41, 5.74) is 2.16. The summed E-state index contributed by atoms with van der Waals surface area (Å²) < 4.78 is 2.01. The predicted molar refractivity (Wildman–Crippen MR) is 68.4 cm³/mol. The molecule has 0 spiro atoms. The molecule has 1 fully saturated rings. The van der Waals surface area contributed by atoms with Crippen LogP contribution in [0.15, 0.2) is 36.8 Å². The molecule has 1 aliphatic carbocycles. The number of imidazole rings is 1. The molecular weight excluding hydrogens is 234 g/mol. The standard InChI is InChI=1S/C13H14ClN3/c14-10-1-5-13(6-2-10)17-8-12(16-9-17)7-15-11-3-4-11/h1-2,5-6,8-9,11,15H,3-4,7H2. The lowest BCUT2D eigenvalue weighted by atomic mass is 10.3. The summed E-state index contributed by atoms with van der Waals surface area (Å²) >= 11 is 5.86. The summed E-state index contributed by atoms with van der Waals surface area (Å²) in [4.78, 5) is 4.38. The van der Waals surface area contributed by atoms with Crippen LogP contribution in [0.4, 0.5) is 0 Å². The van der Waals surface area contributed by atoms with Crippen molar-refractivity contribution in [1.82, 2.24) is 14.9 Å². The Kier molecular flexibility index (Phi) is 2.87. The fourth-order valence-electron chi connectivity index (χ4n) is 1.75. The van der Waals surface area contributed by atoms with Crippen LogP contribution in [-0.2, 0) is 6.54 Å². The lowest BCUT2D eigenvalue weighted by Gasteiger charge is -2.01. The van der Waals surface area contributed by atoms with Gasteiger partial charge in [-0.2, -0.15) is 0 Å². The van der Waals surface area contributed by atoms with E-state index in [0.717, 1.165) is 29.0 Å². The number of nitrogens with one attached hydrogen (secondary N) is 1. The number of rotatable bonds is 4. The highest BCUT2D eigenvalue weighted by atomic mass is 35.5. The molecule has 1 N–H and O–H groups in total. The Labute approximate surface area is 105 Å². The van der Waals surface area contributed by atoms with Gasteiger partial charge in [0, 0.05) is 29.5 Å². The lowest BCUT2D eigenvalue weighted by molar-refractivity contribution is 0.677. The second kappa shape index (κ2) is 4.51. The molecule has 0 amide bonds. The van der Waals surface area contributed by atoms with E-state index in [-0.39, 0.29) is 0 Å². The number of nitrogens with zero attached hydrogens (tertiary/aromatic N) is 2. The summed E-state index contributed by atoms with van der Waals surface area (Å²) in [5.74, 6) is 0. The molecule has 0 saturated heterocycles. The number of hydrogen-bond acceptors (Lipinski definition) is 2. The first-order chi connectivity index (χ1) is 8.31. The van der Waals surface area contributed by atoms with Crippen LogP contribution in [0.1, 0.15) is 18.5 Å². The highest BCUT2D eigenvalue weighted by Gasteiger charge is 2.20. The fraction of sp³-hybridized carbons (Fsp3) is 0.308. The molecule has 0 aliphatic heterocycles. The van der Waals surface area contributed by atoms with Crippen molar-refractivity contribution < 1.29 is 0 Å². The van der Waals surface area contributed by atoms with Gasteiger partial charge in [0.15, 0.2) is 0 Å². The van der Waals surface area contributed by atoms with Crippen LogP contribution in [0.25, 0.3) is 5.69 Å². The van der Waals surface area contributed by atoms with Crippen LogP contribution < -0.4 is 5.32 Å². The number of hydrogen-bond donors (Lipinski definition) is 1. The van der Waals surface area contributed by atoms with Crippen LogP contribution >= 0.6 is 11.6 Å². The van der Waals surface area contributed by atoms with E-state index in [2.05, 4.69) is 16.5 Å². The molecule has 0 atom stereocenters. The van der Waals surface area contributed by atoms with Gasteiger partial charge in [-0.25, -0.2) is 4.98 Å². The Hall–Kier alpha value is -1.32. The molecular formula is C13H14ClN3. The molecule has 0 radical (unpaired) electrons. The van der Waals surface area contributed by atoms with Crippen LogP contribution in [0.3, 0.4) is 0 Å². The zero-order chi connectivity index (χ0) is 11.7. The van der Waals surface area contributed by atoms with Crippen molar-refractivity contribution in [2.45, 2.75) is 25.4 Å². The monoisotopic (exact) mass is 247 g/mol.